The highest BCUT2D eigenvalue weighted by molar-refractivity contribution is 5.87. The minimum absolute atomic E-state index is 0.111. The summed E-state index contributed by atoms with van der Waals surface area (Å²) in [5.41, 5.74) is 2.09. The Morgan fingerprint density at radius 3 is 2.38 bits per heavy atom. The quantitative estimate of drug-likeness (QED) is 0.793. The normalized spacial score (nSPS) is 11.5. The highest BCUT2D eigenvalue weighted by atomic mass is 16.5. The van der Waals surface area contributed by atoms with Gasteiger partial charge in [0, 0.05) is 13.1 Å². The number of hydrogen-bond donors (Lipinski definition) is 1. The van der Waals surface area contributed by atoms with Crippen LogP contribution in [0.25, 0.3) is 0 Å². The molecule has 2 amide bonds. The third kappa shape index (κ3) is 5.34. The summed E-state index contributed by atoms with van der Waals surface area (Å²) in [5, 5.41) is 2.78. The molecule has 5 heteroatoms. The molecular formula is C21H26N2O3. The number of ether oxygens (including phenoxy) is 1. The molecule has 0 saturated heterocycles. The Kier molecular flexibility index (Phi) is 7.21. The molecule has 0 aromatic heterocycles. The number of likely N-dealkylation sites (N-methyl/N-ethyl adjacent to an activating group) is 1. The lowest BCUT2D eigenvalue weighted by Crippen LogP contribution is -2.49. The molecule has 2 aromatic rings. The minimum atomic E-state index is -0.582. The van der Waals surface area contributed by atoms with Crippen molar-refractivity contribution in [2.24, 2.45) is 0 Å². The van der Waals surface area contributed by atoms with E-state index >= 15 is 0 Å². The van der Waals surface area contributed by atoms with Crippen molar-refractivity contribution in [1.82, 2.24) is 10.2 Å². The van der Waals surface area contributed by atoms with E-state index in [9.17, 15) is 9.59 Å². The molecule has 0 radical (unpaired) electrons. The average molecular weight is 354 g/mol. The van der Waals surface area contributed by atoms with Gasteiger partial charge in [0.25, 0.3) is 5.91 Å². The van der Waals surface area contributed by atoms with Crippen molar-refractivity contribution in [3.63, 3.8) is 0 Å². The van der Waals surface area contributed by atoms with E-state index in [0.717, 1.165) is 11.1 Å². The summed E-state index contributed by atoms with van der Waals surface area (Å²) in [7, 11) is 0. The van der Waals surface area contributed by atoms with E-state index in [1.54, 1.807) is 24.0 Å². The number of aryl methyl sites for hydroxylation is 1. The number of amides is 2. The number of nitrogens with zero attached hydrogens (tertiary/aromatic N) is 1. The van der Waals surface area contributed by atoms with Crippen molar-refractivity contribution in [2.75, 3.05) is 13.2 Å². The predicted molar refractivity (Wildman–Crippen MR) is 102 cm³/mol. The molecule has 0 bridgehead atoms. The van der Waals surface area contributed by atoms with Crippen LogP contribution in [-0.4, -0.2) is 35.9 Å². The molecule has 0 spiro atoms. The van der Waals surface area contributed by atoms with E-state index in [1.165, 1.54) is 0 Å². The Labute approximate surface area is 155 Å². The number of hydrogen-bond acceptors (Lipinski definition) is 3. The molecular weight excluding hydrogens is 328 g/mol. The first-order chi connectivity index (χ1) is 12.5. The van der Waals surface area contributed by atoms with Gasteiger partial charge in [0.1, 0.15) is 11.8 Å². The SMILES string of the molecule is CCNC(=O)[C@H](C)N(Cc1ccccc1C)C(=O)COc1ccccc1. The van der Waals surface area contributed by atoms with Crippen molar-refractivity contribution in [1.29, 1.82) is 0 Å². The number of carbonyl (C=O) groups is 2. The van der Waals surface area contributed by atoms with E-state index < -0.39 is 6.04 Å². The van der Waals surface area contributed by atoms with Gasteiger partial charge in [-0.05, 0) is 44.0 Å². The van der Waals surface area contributed by atoms with Crippen molar-refractivity contribution >= 4 is 11.8 Å². The number of para-hydroxylation sites is 1. The summed E-state index contributed by atoms with van der Waals surface area (Å²) in [4.78, 5) is 26.7. The topological polar surface area (TPSA) is 58.6 Å². The Morgan fingerprint density at radius 1 is 1.08 bits per heavy atom. The predicted octanol–water partition coefficient (Wildman–Crippen LogP) is 2.93. The fourth-order valence-corrected chi connectivity index (χ4v) is 2.62. The highest BCUT2D eigenvalue weighted by Crippen LogP contribution is 2.15. The van der Waals surface area contributed by atoms with E-state index in [2.05, 4.69) is 5.32 Å². The Morgan fingerprint density at radius 2 is 1.73 bits per heavy atom. The molecule has 0 heterocycles. The van der Waals surface area contributed by atoms with Crippen LogP contribution in [-0.2, 0) is 16.1 Å². The zero-order chi connectivity index (χ0) is 18.9. The summed E-state index contributed by atoms with van der Waals surface area (Å²) in [6, 6.07) is 16.5. The van der Waals surface area contributed by atoms with Crippen molar-refractivity contribution in [3.05, 3.63) is 65.7 Å². The lowest BCUT2D eigenvalue weighted by molar-refractivity contribution is -0.142. The second kappa shape index (κ2) is 9.61. The summed E-state index contributed by atoms with van der Waals surface area (Å²) in [5.74, 6) is 0.229. The summed E-state index contributed by atoms with van der Waals surface area (Å²) >= 11 is 0. The van der Waals surface area contributed by atoms with Gasteiger partial charge < -0.3 is 15.0 Å². The zero-order valence-electron chi connectivity index (χ0n) is 15.6. The first kappa shape index (κ1) is 19.5. The van der Waals surface area contributed by atoms with Gasteiger partial charge in [0.15, 0.2) is 6.61 Å². The average Bonchev–Trinajstić information content (AvgIpc) is 2.66. The number of benzene rings is 2. The van der Waals surface area contributed by atoms with Gasteiger partial charge in [-0.3, -0.25) is 9.59 Å². The molecule has 5 nitrogen and oxygen atoms in total. The summed E-state index contributed by atoms with van der Waals surface area (Å²) in [6.45, 7) is 6.37. The van der Waals surface area contributed by atoms with Gasteiger partial charge in [-0.25, -0.2) is 0 Å². The largest absolute Gasteiger partial charge is 0.484 e. The van der Waals surface area contributed by atoms with E-state index in [4.69, 9.17) is 4.74 Å². The maximum absolute atomic E-state index is 12.8. The van der Waals surface area contributed by atoms with Crippen LogP contribution >= 0.6 is 0 Å². The molecule has 26 heavy (non-hydrogen) atoms. The van der Waals surface area contributed by atoms with Crippen LogP contribution in [0.2, 0.25) is 0 Å². The molecule has 0 aliphatic carbocycles. The third-order valence-corrected chi connectivity index (χ3v) is 4.23. The van der Waals surface area contributed by atoms with Crippen LogP contribution in [0.4, 0.5) is 0 Å². The number of rotatable bonds is 8. The minimum Gasteiger partial charge on any atom is -0.484 e. The van der Waals surface area contributed by atoms with Gasteiger partial charge in [-0.2, -0.15) is 0 Å². The van der Waals surface area contributed by atoms with Crippen LogP contribution in [0.1, 0.15) is 25.0 Å². The Bertz CT molecular complexity index is 731. The van der Waals surface area contributed by atoms with Gasteiger partial charge >= 0.3 is 0 Å². The lowest BCUT2D eigenvalue weighted by Gasteiger charge is -2.29. The van der Waals surface area contributed by atoms with Gasteiger partial charge in [-0.1, -0.05) is 42.5 Å². The van der Waals surface area contributed by atoms with Crippen LogP contribution in [0.5, 0.6) is 5.75 Å². The monoisotopic (exact) mass is 354 g/mol. The van der Waals surface area contributed by atoms with Gasteiger partial charge in [0.2, 0.25) is 5.91 Å². The molecule has 0 fully saturated rings. The molecule has 2 aromatic carbocycles. The molecule has 138 valence electrons. The molecule has 0 aliphatic rings. The van der Waals surface area contributed by atoms with Crippen LogP contribution in [0, 0.1) is 6.92 Å². The molecule has 0 aliphatic heterocycles. The fraction of sp³-hybridized carbons (Fsp3) is 0.333. The van der Waals surface area contributed by atoms with Crippen molar-refractivity contribution < 1.29 is 14.3 Å². The van der Waals surface area contributed by atoms with Gasteiger partial charge in [0.05, 0.1) is 0 Å². The first-order valence-corrected chi connectivity index (χ1v) is 8.82. The second-order valence-electron chi connectivity index (χ2n) is 6.12. The summed E-state index contributed by atoms with van der Waals surface area (Å²) < 4.78 is 5.58. The maximum Gasteiger partial charge on any atom is 0.261 e. The Hall–Kier alpha value is -2.82. The second-order valence-corrected chi connectivity index (χ2v) is 6.12. The molecule has 1 atom stereocenters. The standard InChI is InChI=1S/C21H26N2O3/c1-4-22-21(25)17(3)23(14-18-11-9-8-10-16(18)2)20(24)15-26-19-12-6-5-7-13-19/h5-13,17H,4,14-15H2,1-3H3,(H,22,25)/t17-/m0/s1. The maximum atomic E-state index is 12.8. The Balaban J connectivity index is 2.14. The summed E-state index contributed by atoms with van der Waals surface area (Å²) in [6.07, 6.45) is 0. The zero-order valence-corrected chi connectivity index (χ0v) is 15.6. The third-order valence-electron chi connectivity index (χ3n) is 4.23. The molecule has 0 unspecified atom stereocenters. The molecule has 0 saturated carbocycles. The number of nitrogens with one attached hydrogen (secondary N) is 1. The van der Waals surface area contributed by atoms with E-state index in [-0.39, 0.29) is 18.4 Å². The first-order valence-electron chi connectivity index (χ1n) is 8.82. The molecule has 1 N–H and O–H groups in total. The molecule has 2 rings (SSSR count). The van der Waals surface area contributed by atoms with Crippen molar-refractivity contribution in [3.8, 4) is 5.75 Å². The fourth-order valence-electron chi connectivity index (χ4n) is 2.62. The van der Waals surface area contributed by atoms with E-state index in [1.807, 2.05) is 56.3 Å². The lowest BCUT2D eigenvalue weighted by atomic mass is 10.1. The smallest absolute Gasteiger partial charge is 0.261 e. The van der Waals surface area contributed by atoms with E-state index in [0.29, 0.717) is 18.8 Å². The highest BCUT2D eigenvalue weighted by Gasteiger charge is 2.26. The van der Waals surface area contributed by atoms with Crippen LogP contribution < -0.4 is 10.1 Å². The number of carbonyl (C=O) groups excluding carboxylic acids is 2. The van der Waals surface area contributed by atoms with Crippen LogP contribution in [0.3, 0.4) is 0 Å². The van der Waals surface area contributed by atoms with Crippen molar-refractivity contribution in [2.45, 2.75) is 33.4 Å². The van der Waals surface area contributed by atoms with Crippen LogP contribution in [0.15, 0.2) is 54.6 Å². The van der Waals surface area contributed by atoms with Gasteiger partial charge in [-0.15, -0.1) is 0 Å².